The van der Waals surface area contributed by atoms with E-state index in [4.69, 9.17) is 4.74 Å². The Hall–Kier alpha value is -1.35. The van der Waals surface area contributed by atoms with E-state index in [2.05, 4.69) is 45.9 Å². The van der Waals surface area contributed by atoms with Gasteiger partial charge in [-0.05, 0) is 31.4 Å². The highest BCUT2D eigenvalue weighted by molar-refractivity contribution is 14.0. The molecule has 0 spiro atoms. The normalized spacial score (nSPS) is 11.0. The summed E-state index contributed by atoms with van der Waals surface area (Å²) in [5.41, 5.74) is 2.33. The van der Waals surface area contributed by atoms with E-state index in [1.807, 2.05) is 18.2 Å². The first-order valence-electron chi connectivity index (χ1n) is 8.84. The summed E-state index contributed by atoms with van der Waals surface area (Å²) in [6, 6.07) is 8.12. The zero-order valence-corrected chi connectivity index (χ0v) is 18.9. The third-order valence-corrected chi connectivity index (χ3v) is 4.81. The van der Waals surface area contributed by atoms with Gasteiger partial charge in [-0.25, -0.2) is 4.98 Å². The first kappa shape index (κ1) is 22.7. The van der Waals surface area contributed by atoms with Gasteiger partial charge in [0.05, 0.1) is 17.8 Å². The quantitative estimate of drug-likeness (QED) is 0.321. The first-order chi connectivity index (χ1) is 12.3. The fourth-order valence-corrected chi connectivity index (χ4v) is 3.25. The highest BCUT2D eigenvalue weighted by Crippen LogP contribution is 2.17. The zero-order valence-electron chi connectivity index (χ0n) is 15.7. The number of hydrogen-bond donors (Lipinski definition) is 2. The maximum Gasteiger partial charge on any atom is 0.191 e. The van der Waals surface area contributed by atoms with Crippen LogP contribution in [-0.2, 0) is 19.3 Å². The SMILES string of the molecule is CCNC(=NCCc1csc(CC)n1)NCCc1ccccc1OC.I. The molecular weight excluding hydrogens is 459 g/mol. The minimum Gasteiger partial charge on any atom is -0.496 e. The van der Waals surface area contributed by atoms with Crippen molar-refractivity contribution in [2.45, 2.75) is 33.1 Å². The molecule has 0 aliphatic rings. The maximum absolute atomic E-state index is 5.40. The first-order valence-corrected chi connectivity index (χ1v) is 9.72. The molecule has 0 atom stereocenters. The Morgan fingerprint density at radius 1 is 1.19 bits per heavy atom. The van der Waals surface area contributed by atoms with Crippen LogP contribution < -0.4 is 15.4 Å². The molecule has 0 aliphatic carbocycles. The summed E-state index contributed by atoms with van der Waals surface area (Å²) in [7, 11) is 1.71. The minimum atomic E-state index is 0. The van der Waals surface area contributed by atoms with E-state index in [9.17, 15) is 0 Å². The zero-order chi connectivity index (χ0) is 17.9. The molecule has 2 aromatic rings. The summed E-state index contributed by atoms with van der Waals surface area (Å²) in [5.74, 6) is 1.78. The average molecular weight is 488 g/mol. The number of para-hydroxylation sites is 1. The highest BCUT2D eigenvalue weighted by Gasteiger charge is 2.03. The van der Waals surface area contributed by atoms with Crippen molar-refractivity contribution in [3.8, 4) is 5.75 Å². The number of thiazole rings is 1. The van der Waals surface area contributed by atoms with Crippen molar-refractivity contribution in [2.24, 2.45) is 4.99 Å². The summed E-state index contributed by atoms with van der Waals surface area (Å²) < 4.78 is 5.40. The molecule has 5 nitrogen and oxygen atoms in total. The summed E-state index contributed by atoms with van der Waals surface area (Å²) in [6.07, 6.45) is 2.76. The second-order valence-corrected chi connectivity index (χ2v) is 6.53. The van der Waals surface area contributed by atoms with Crippen LogP contribution in [0.5, 0.6) is 5.75 Å². The van der Waals surface area contributed by atoms with Crippen molar-refractivity contribution in [2.75, 3.05) is 26.7 Å². The minimum absolute atomic E-state index is 0. The molecule has 2 rings (SSSR count). The predicted molar refractivity (Wildman–Crippen MR) is 121 cm³/mol. The van der Waals surface area contributed by atoms with Gasteiger partial charge in [0.2, 0.25) is 0 Å². The van der Waals surface area contributed by atoms with Gasteiger partial charge in [-0.2, -0.15) is 0 Å². The Bertz CT molecular complexity index is 675. The van der Waals surface area contributed by atoms with Crippen LogP contribution in [0.15, 0.2) is 34.6 Å². The number of hydrogen-bond acceptors (Lipinski definition) is 4. The van der Waals surface area contributed by atoms with E-state index in [1.165, 1.54) is 10.6 Å². The third kappa shape index (κ3) is 7.49. The summed E-state index contributed by atoms with van der Waals surface area (Å²) in [6.45, 7) is 6.60. The molecule has 7 heteroatoms. The fourth-order valence-electron chi connectivity index (χ4n) is 2.48. The Kier molecular flexibility index (Phi) is 11.3. The van der Waals surface area contributed by atoms with Gasteiger partial charge in [-0.15, -0.1) is 35.3 Å². The van der Waals surface area contributed by atoms with Crippen molar-refractivity contribution in [3.05, 3.63) is 45.9 Å². The van der Waals surface area contributed by atoms with Crippen molar-refractivity contribution >= 4 is 41.3 Å². The molecule has 0 radical (unpaired) electrons. The van der Waals surface area contributed by atoms with E-state index in [1.54, 1.807) is 18.4 Å². The molecule has 0 fully saturated rings. The van der Waals surface area contributed by atoms with Gasteiger partial charge in [0.25, 0.3) is 0 Å². The number of aryl methyl sites for hydroxylation is 1. The number of aliphatic imine (C=N–C) groups is 1. The van der Waals surface area contributed by atoms with Crippen LogP contribution in [0.25, 0.3) is 0 Å². The molecule has 1 heterocycles. The molecule has 1 aromatic carbocycles. The molecular formula is C19H29IN4OS. The number of benzene rings is 1. The largest absolute Gasteiger partial charge is 0.496 e. The number of halogens is 1. The average Bonchev–Trinajstić information content (AvgIpc) is 3.10. The van der Waals surface area contributed by atoms with Gasteiger partial charge in [0.1, 0.15) is 5.75 Å². The Morgan fingerprint density at radius 3 is 2.69 bits per heavy atom. The number of aromatic nitrogens is 1. The summed E-state index contributed by atoms with van der Waals surface area (Å²) in [4.78, 5) is 9.23. The lowest BCUT2D eigenvalue weighted by Crippen LogP contribution is -2.38. The van der Waals surface area contributed by atoms with Gasteiger partial charge in [-0.3, -0.25) is 4.99 Å². The lowest BCUT2D eigenvalue weighted by Gasteiger charge is -2.12. The second kappa shape index (κ2) is 12.9. The van der Waals surface area contributed by atoms with Gasteiger partial charge in [-0.1, -0.05) is 25.1 Å². The lowest BCUT2D eigenvalue weighted by atomic mass is 10.1. The number of nitrogens with zero attached hydrogens (tertiary/aromatic N) is 2. The van der Waals surface area contributed by atoms with Gasteiger partial charge < -0.3 is 15.4 Å². The summed E-state index contributed by atoms with van der Waals surface area (Å²) >= 11 is 1.73. The number of ether oxygens (including phenoxy) is 1. The predicted octanol–water partition coefficient (Wildman–Crippen LogP) is 3.67. The molecule has 0 amide bonds. The van der Waals surface area contributed by atoms with Crippen LogP contribution in [0.2, 0.25) is 0 Å². The van der Waals surface area contributed by atoms with E-state index in [-0.39, 0.29) is 24.0 Å². The van der Waals surface area contributed by atoms with Crippen LogP contribution in [0.4, 0.5) is 0 Å². The number of nitrogens with one attached hydrogen (secondary N) is 2. The van der Waals surface area contributed by atoms with Crippen LogP contribution in [-0.4, -0.2) is 37.7 Å². The Labute approximate surface area is 177 Å². The lowest BCUT2D eigenvalue weighted by molar-refractivity contribution is 0.409. The van der Waals surface area contributed by atoms with Gasteiger partial charge >= 0.3 is 0 Å². The smallest absolute Gasteiger partial charge is 0.191 e. The van der Waals surface area contributed by atoms with Crippen LogP contribution in [0, 0.1) is 0 Å². The number of rotatable bonds is 9. The number of guanidine groups is 1. The van der Waals surface area contributed by atoms with Crippen molar-refractivity contribution in [1.82, 2.24) is 15.6 Å². The standard InChI is InChI=1S/C19H28N4OS.HI/c1-4-18-23-16(14-25-18)11-13-22-19(20-5-2)21-12-10-15-8-6-7-9-17(15)24-3;/h6-9,14H,4-5,10-13H2,1-3H3,(H2,20,21,22);1H. The highest BCUT2D eigenvalue weighted by atomic mass is 127. The molecule has 0 unspecified atom stereocenters. The fraction of sp³-hybridized carbons (Fsp3) is 0.474. The van der Waals surface area contributed by atoms with E-state index < -0.39 is 0 Å². The topological polar surface area (TPSA) is 58.5 Å². The Balaban J connectivity index is 0.00000338. The molecule has 0 saturated carbocycles. The monoisotopic (exact) mass is 488 g/mol. The second-order valence-electron chi connectivity index (χ2n) is 5.59. The molecule has 0 saturated heterocycles. The maximum atomic E-state index is 5.40. The molecule has 144 valence electrons. The third-order valence-electron chi connectivity index (χ3n) is 3.76. The van der Waals surface area contributed by atoms with Crippen molar-refractivity contribution in [3.63, 3.8) is 0 Å². The van der Waals surface area contributed by atoms with Crippen molar-refractivity contribution in [1.29, 1.82) is 0 Å². The molecule has 0 aliphatic heterocycles. The molecule has 1 aromatic heterocycles. The van der Waals surface area contributed by atoms with E-state index >= 15 is 0 Å². The van der Waals surface area contributed by atoms with Gasteiger partial charge in [0.15, 0.2) is 5.96 Å². The van der Waals surface area contributed by atoms with E-state index in [0.29, 0.717) is 0 Å². The van der Waals surface area contributed by atoms with Crippen LogP contribution >= 0.6 is 35.3 Å². The molecule has 2 N–H and O–H groups in total. The number of methoxy groups -OCH3 is 1. The van der Waals surface area contributed by atoms with Crippen molar-refractivity contribution < 1.29 is 4.74 Å². The van der Waals surface area contributed by atoms with Crippen LogP contribution in [0.1, 0.15) is 30.1 Å². The van der Waals surface area contributed by atoms with E-state index in [0.717, 1.165) is 56.3 Å². The molecule has 0 bridgehead atoms. The molecule has 26 heavy (non-hydrogen) atoms. The summed E-state index contributed by atoms with van der Waals surface area (Å²) in [5, 5.41) is 10.0. The Morgan fingerprint density at radius 2 is 2.00 bits per heavy atom. The van der Waals surface area contributed by atoms with Gasteiger partial charge in [0, 0.05) is 31.4 Å². The van der Waals surface area contributed by atoms with Crippen LogP contribution in [0.3, 0.4) is 0 Å².